The Hall–Kier alpha value is -1.26. The van der Waals surface area contributed by atoms with Crippen molar-refractivity contribution < 1.29 is 9.59 Å². The number of aryl methyl sites for hydroxylation is 1. The molecule has 4 nitrogen and oxygen atoms in total. The Morgan fingerprint density at radius 1 is 1.42 bits per heavy atom. The number of nitrogens with zero attached hydrogens (tertiary/aromatic N) is 2. The number of likely N-dealkylation sites (N-methyl/N-ethyl adjacent to an activating group) is 1. The van der Waals surface area contributed by atoms with Crippen LogP contribution in [0, 0.1) is 12.3 Å². The van der Waals surface area contributed by atoms with Gasteiger partial charge in [-0.25, -0.2) is 0 Å². The molecule has 1 saturated carbocycles. The van der Waals surface area contributed by atoms with Crippen molar-refractivity contribution in [1.82, 2.24) is 4.90 Å². The Morgan fingerprint density at radius 2 is 2.08 bits per heavy atom. The number of anilines is 1. The lowest BCUT2D eigenvalue weighted by Gasteiger charge is -2.28. The van der Waals surface area contributed by atoms with Crippen LogP contribution in [0.1, 0.15) is 31.7 Å². The predicted octanol–water partition coefficient (Wildman–Crippen LogP) is 3.53. The van der Waals surface area contributed by atoms with E-state index in [1.807, 2.05) is 38.1 Å². The van der Waals surface area contributed by atoms with Crippen LogP contribution in [-0.2, 0) is 9.59 Å². The molecule has 2 amide bonds. The largest absolute Gasteiger partial charge is 0.333 e. The number of amides is 2. The standard InChI is InChI=1S/C18H22Cl2N2O2/c1-4-17(11-18(17,19)20)16(24)21(3)14-8-9-22(15(14)23)13-7-5-6-12(2)10-13/h5-7,10,14H,4,8-9,11H2,1-3H3. The number of carbonyl (C=O) groups excluding carboxylic acids is 2. The van der Waals surface area contributed by atoms with E-state index in [-0.39, 0.29) is 11.8 Å². The first-order valence-corrected chi connectivity index (χ1v) is 9.02. The van der Waals surface area contributed by atoms with Crippen molar-refractivity contribution in [3.63, 3.8) is 0 Å². The molecule has 0 aromatic heterocycles. The summed E-state index contributed by atoms with van der Waals surface area (Å²) in [4.78, 5) is 29.0. The minimum Gasteiger partial charge on any atom is -0.333 e. The molecule has 0 N–H and O–H groups in total. The molecule has 2 aliphatic rings. The number of hydrogen-bond acceptors (Lipinski definition) is 2. The van der Waals surface area contributed by atoms with Crippen LogP contribution in [0.3, 0.4) is 0 Å². The number of hydrogen-bond donors (Lipinski definition) is 0. The average molecular weight is 369 g/mol. The normalized spacial score (nSPS) is 28.1. The van der Waals surface area contributed by atoms with E-state index in [0.29, 0.717) is 25.8 Å². The zero-order chi connectivity index (χ0) is 17.7. The van der Waals surface area contributed by atoms with Crippen LogP contribution < -0.4 is 4.90 Å². The van der Waals surface area contributed by atoms with Crippen LogP contribution in [0.5, 0.6) is 0 Å². The molecular formula is C18H22Cl2N2O2. The van der Waals surface area contributed by atoms with Crippen molar-refractivity contribution in [3.05, 3.63) is 29.8 Å². The molecule has 6 heteroatoms. The minimum absolute atomic E-state index is 0.0434. The molecule has 2 atom stereocenters. The second kappa shape index (κ2) is 5.92. The number of alkyl halides is 2. The minimum atomic E-state index is -1.01. The van der Waals surface area contributed by atoms with E-state index >= 15 is 0 Å². The van der Waals surface area contributed by atoms with Crippen LogP contribution in [-0.4, -0.2) is 40.7 Å². The fourth-order valence-electron chi connectivity index (χ4n) is 3.66. The summed E-state index contributed by atoms with van der Waals surface area (Å²) in [6.07, 6.45) is 1.64. The third-order valence-corrected chi connectivity index (χ3v) is 6.38. The van der Waals surface area contributed by atoms with Gasteiger partial charge in [0.1, 0.15) is 10.4 Å². The fraction of sp³-hybridized carbons (Fsp3) is 0.556. The van der Waals surface area contributed by atoms with Crippen molar-refractivity contribution in [2.75, 3.05) is 18.5 Å². The van der Waals surface area contributed by atoms with Gasteiger partial charge in [-0.3, -0.25) is 9.59 Å². The molecular weight excluding hydrogens is 347 g/mol. The van der Waals surface area contributed by atoms with E-state index in [9.17, 15) is 9.59 Å². The Balaban J connectivity index is 1.77. The molecule has 1 heterocycles. The van der Waals surface area contributed by atoms with Crippen molar-refractivity contribution in [1.29, 1.82) is 0 Å². The van der Waals surface area contributed by atoms with Crippen LogP contribution in [0.25, 0.3) is 0 Å². The Labute approximate surface area is 152 Å². The Kier molecular flexibility index (Phi) is 4.33. The highest BCUT2D eigenvalue weighted by Gasteiger charge is 2.71. The third-order valence-electron chi connectivity index (χ3n) is 5.39. The van der Waals surface area contributed by atoms with Gasteiger partial charge < -0.3 is 9.80 Å². The maximum absolute atomic E-state index is 12.9. The van der Waals surface area contributed by atoms with Gasteiger partial charge >= 0.3 is 0 Å². The molecule has 1 aromatic rings. The molecule has 24 heavy (non-hydrogen) atoms. The van der Waals surface area contributed by atoms with Crippen LogP contribution in [0.2, 0.25) is 0 Å². The number of rotatable bonds is 4. The molecule has 130 valence electrons. The fourth-order valence-corrected chi connectivity index (χ4v) is 4.54. The first-order chi connectivity index (χ1) is 11.2. The van der Waals surface area contributed by atoms with Crippen molar-refractivity contribution in [2.45, 2.75) is 43.5 Å². The summed E-state index contributed by atoms with van der Waals surface area (Å²) >= 11 is 12.4. The van der Waals surface area contributed by atoms with Gasteiger partial charge in [0, 0.05) is 19.3 Å². The highest BCUT2D eigenvalue weighted by Crippen LogP contribution is 2.66. The molecule has 1 saturated heterocycles. The van der Waals surface area contributed by atoms with E-state index in [2.05, 4.69) is 0 Å². The van der Waals surface area contributed by atoms with E-state index < -0.39 is 15.8 Å². The Bertz CT molecular complexity index is 691. The zero-order valence-corrected chi connectivity index (χ0v) is 15.7. The maximum atomic E-state index is 12.9. The van der Waals surface area contributed by atoms with Gasteiger partial charge in [-0.1, -0.05) is 19.1 Å². The van der Waals surface area contributed by atoms with E-state index in [0.717, 1.165) is 11.3 Å². The quantitative estimate of drug-likeness (QED) is 0.762. The lowest BCUT2D eigenvalue weighted by molar-refractivity contribution is -0.141. The topological polar surface area (TPSA) is 40.6 Å². The maximum Gasteiger partial charge on any atom is 0.249 e. The number of carbonyl (C=O) groups is 2. The SMILES string of the molecule is CCC1(C(=O)N(C)C2CCN(c3cccc(C)c3)C2=O)CC1(Cl)Cl. The van der Waals surface area contributed by atoms with Gasteiger partial charge in [0.25, 0.3) is 0 Å². The van der Waals surface area contributed by atoms with Gasteiger partial charge in [-0.2, -0.15) is 0 Å². The van der Waals surface area contributed by atoms with E-state index in [1.165, 1.54) is 0 Å². The van der Waals surface area contributed by atoms with Crippen molar-refractivity contribution >= 4 is 40.7 Å². The third kappa shape index (κ3) is 2.60. The molecule has 0 bridgehead atoms. The summed E-state index contributed by atoms with van der Waals surface area (Å²) < 4.78 is -1.01. The summed E-state index contributed by atoms with van der Waals surface area (Å²) in [5.41, 5.74) is 1.23. The second-order valence-corrected chi connectivity index (χ2v) is 8.35. The van der Waals surface area contributed by atoms with Crippen LogP contribution in [0.15, 0.2) is 24.3 Å². The highest BCUT2D eigenvalue weighted by molar-refractivity contribution is 6.53. The van der Waals surface area contributed by atoms with Gasteiger partial charge in [-0.05, 0) is 43.9 Å². The van der Waals surface area contributed by atoms with Gasteiger partial charge in [-0.15, -0.1) is 23.2 Å². The predicted molar refractivity (Wildman–Crippen MR) is 96.5 cm³/mol. The molecule has 1 aliphatic heterocycles. The van der Waals surface area contributed by atoms with Gasteiger partial charge in [0.15, 0.2) is 0 Å². The molecule has 0 radical (unpaired) electrons. The summed E-state index contributed by atoms with van der Waals surface area (Å²) in [6.45, 7) is 4.51. The Morgan fingerprint density at radius 3 is 2.62 bits per heavy atom. The number of halogens is 2. The first-order valence-electron chi connectivity index (χ1n) is 8.26. The smallest absolute Gasteiger partial charge is 0.249 e. The van der Waals surface area contributed by atoms with Crippen molar-refractivity contribution in [2.24, 2.45) is 5.41 Å². The summed E-state index contributed by atoms with van der Waals surface area (Å²) in [5, 5.41) is 0. The molecule has 2 fully saturated rings. The average Bonchev–Trinajstić information content (AvgIpc) is 2.91. The highest BCUT2D eigenvalue weighted by atomic mass is 35.5. The first kappa shape index (κ1) is 17.6. The van der Waals surface area contributed by atoms with Crippen LogP contribution in [0.4, 0.5) is 5.69 Å². The lowest BCUT2D eigenvalue weighted by atomic mass is 10.0. The second-order valence-electron chi connectivity index (χ2n) is 6.87. The zero-order valence-electron chi connectivity index (χ0n) is 14.2. The van der Waals surface area contributed by atoms with Gasteiger partial charge in [0.2, 0.25) is 11.8 Å². The molecule has 2 unspecified atom stereocenters. The van der Waals surface area contributed by atoms with Gasteiger partial charge in [0.05, 0.1) is 5.41 Å². The van der Waals surface area contributed by atoms with Crippen LogP contribution >= 0.6 is 23.2 Å². The molecule has 1 aliphatic carbocycles. The monoisotopic (exact) mass is 368 g/mol. The van der Waals surface area contributed by atoms with E-state index in [1.54, 1.807) is 16.8 Å². The summed E-state index contributed by atoms with van der Waals surface area (Å²) in [5.74, 6) is -0.169. The summed E-state index contributed by atoms with van der Waals surface area (Å²) in [6, 6.07) is 7.39. The van der Waals surface area contributed by atoms with E-state index in [4.69, 9.17) is 23.2 Å². The van der Waals surface area contributed by atoms with Crippen molar-refractivity contribution in [3.8, 4) is 0 Å². The number of benzene rings is 1. The summed E-state index contributed by atoms with van der Waals surface area (Å²) in [7, 11) is 1.68. The molecule has 1 aromatic carbocycles. The molecule has 0 spiro atoms. The lowest BCUT2D eigenvalue weighted by Crippen LogP contribution is -2.47. The molecule has 3 rings (SSSR count).